The van der Waals surface area contributed by atoms with Crippen molar-refractivity contribution < 1.29 is 29.6 Å². The van der Waals surface area contributed by atoms with Gasteiger partial charge in [-0.3, -0.25) is 4.79 Å². The molecular weight excluding hydrogens is 494 g/mol. The van der Waals surface area contributed by atoms with Crippen LogP contribution >= 0.6 is 0 Å². The molecule has 4 saturated carbocycles. The van der Waals surface area contributed by atoms with E-state index in [9.17, 15) is 24.9 Å². The van der Waals surface area contributed by atoms with Crippen LogP contribution in [0.2, 0.25) is 0 Å². The van der Waals surface area contributed by atoms with Gasteiger partial charge in [0.25, 0.3) is 0 Å². The van der Waals surface area contributed by atoms with E-state index in [0.717, 1.165) is 24.8 Å². The number of fused-ring (bicyclic) bond motifs is 5. The van der Waals surface area contributed by atoms with E-state index >= 15 is 0 Å². The van der Waals surface area contributed by atoms with Crippen LogP contribution in [0.5, 0.6) is 0 Å². The van der Waals surface area contributed by atoms with Gasteiger partial charge >= 0.3 is 11.9 Å². The molecular formula is C32H49NO6. The molecule has 0 aromatic heterocycles. The zero-order valence-corrected chi connectivity index (χ0v) is 24.8. The Labute approximate surface area is 233 Å². The maximum atomic E-state index is 12.7. The Kier molecular flexibility index (Phi) is 7.81. The fourth-order valence-electron chi connectivity index (χ4n) is 10.2. The number of hydrogen-bond donors (Lipinski definition) is 4. The molecule has 4 fully saturated rings. The number of allylic oxidation sites excluding steroid dienone is 3. The molecule has 0 aliphatic heterocycles. The number of hydrogen-bond acceptors (Lipinski definition) is 6. The van der Waals surface area contributed by atoms with Gasteiger partial charge < -0.3 is 25.8 Å². The second-order valence-corrected chi connectivity index (χ2v) is 14.0. The number of ether oxygens (including phenoxy) is 1. The van der Waals surface area contributed by atoms with Crippen molar-refractivity contribution in [3.05, 3.63) is 34.9 Å². The first-order valence-electron chi connectivity index (χ1n) is 14.6. The molecule has 7 nitrogen and oxygen atoms in total. The summed E-state index contributed by atoms with van der Waals surface area (Å²) in [5, 5.41) is 33.3. The quantitative estimate of drug-likeness (QED) is 0.223. The van der Waals surface area contributed by atoms with Gasteiger partial charge in [-0.15, -0.1) is 0 Å². The number of esters is 1. The van der Waals surface area contributed by atoms with E-state index in [2.05, 4.69) is 27.7 Å². The molecule has 7 heteroatoms. The summed E-state index contributed by atoms with van der Waals surface area (Å²) >= 11 is 0. The second-order valence-electron chi connectivity index (χ2n) is 14.0. The third-order valence-corrected chi connectivity index (χ3v) is 12.0. The number of carbonyl (C=O) groups is 2. The number of nitrogens with two attached hydrogens (primary N) is 1. The van der Waals surface area contributed by atoms with Gasteiger partial charge in [0, 0.05) is 18.3 Å². The lowest BCUT2D eigenvalue weighted by Gasteiger charge is -2.71. The smallest absolute Gasteiger partial charge is 0.335 e. The van der Waals surface area contributed by atoms with Crippen molar-refractivity contribution in [2.45, 2.75) is 105 Å². The van der Waals surface area contributed by atoms with E-state index in [4.69, 9.17) is 10.5 Å². The first-order valence-corrected chi connectivity index (χ1v) is 14.6. The lowest BCUT2D eigenvalue weighted by atomic mass is 9.34. The van der Waals surface area contributed by atoms with Crippen molar-refractivity contribution in [2.24, 2.45) is 45.1 Å². The van der Waals surface area contributed by atoms with Gasteiger partial charge in [-0.1, -0.05) is 45.4 Å². The molecule has 0 spiro atoms. The summed E-state index contributed by atoms with van der Waals surface area (Å²) in [6, 6.07) is 0. The summed E-state index contributed by atoms with van der Waals surface area (Å²) in [4.78, 5) is 25.0. The van der Waals surface area contributed by atoms with Crippen LogP contribution in [0, 0.1) is 39.4 Å². The van der Waals surface area contributed by atoms with Crippen LogP contribution in [0.1, 0.15) is 87.0 Å². The Balaban J connectivity index is 1.91. The molecule has 4 unspecified atom stereocenters. The van der Waals surface area contributed by atoms with E-state index in [0.29, 0.717) is 31.4 Å². The van der Waals surface area contributed by atoms with Crippen LogP contribution in [-0.2, 0) is 14.3 Å². The Morgan fingerprint density at radius 3 is 2.26 bits per heavy atom. The Hall–Kier alpha value is -1.96. The van der Waals surface area contributed by atoms with Crippen molar-refractivity contribution in [3.8, 4) is 0 Å². The summed E-state index contributed by atoms with van der Waals surface area (Å²) in [7, 11) is 0. The average Bonchev–Trinajstić information content (AvgIpc) is 3.03. The zero-order valence-electron chi connectivity index (χ0n) is 24.8. The standard InChI is InChI=1S/C32H49NO6/c1-18(2)9-8-10-20(28(37)38)26-25(39-19(3)34)16-32(7)30(5)14-11-22-21(17-33)23(35)12-13-29(22,4)27(30)24(36)15-31(26,32)6/h8-10,21-25,27,35-36H,11-17,33H2,1-7H3,(H,37,38)/b10-8+,26-20+/t21-,22-,23+,24+,25?,27-,29?,30?,31-,32?/m0/s1. The number of carboxylic acids is 1. The molecule has 5 N–H and O–H groups in total. The number of aliphatic hydroxyl groups excluding tert-OH is 2. The minimum atomic E-state index is -1.06. The molecule has 218 valence electrons. The van der Waals surface area contributed by atoms with Crippen LogP contribution < -0.4 is 5.73 Å². The van der Waals surface area contributed by atoms with Gasteiger partial charge in [-0.2, -0.15) is 0 Å². The van der Waals surface area contributed by atoms with Crippen LogP contribution in [0.15, 0.2) is 34.9 Å². The van der Waals surface area contributed by atoms with Gasteiger partial charge in [0.1, 0.15) is 6.10 Å². The fraction of sp³-hybridized carbons (Fsp3) is 0.750. The maximum Gasteiger partial charge on any atom is 0.335 e. The van der Waals surface area contributed by atoms with Crippen LogP contribution in [-0.4, -0.2) is 52.1 Å². The van der Waals surface area contributed by atoms with Gasteiger partial charge in [0.15, 0.2) is 0 Å². The number of aliphatic hydroxyl groups is 2. The summed E-state index contributed by atoms with van der Waals surface area (Å²) < 4.78 is 5.90. The molecule has 10 atom stereocenters. The highest BCUT2D eigenvalue weighted by atomic mass is 16.5. The SMILES string of the molecule is CC(=O)OC1CC2(C)C3(C)CC[C@H]4[C@H](CN)[C@H](O)CCC4(C)[C@@H]3[C@H](O)C[C@@]2(C)/C1=C(\C=C\C=C(C)C)C(=O)O. The van der Waals surface area contributed by atoms with Crippen molar-refractivity contribution in [3.63, 3.8) is 0 Å². The predicted octanol–water partition coefficient (Wildman–Crippen LogP) is 4.77. The number of carbonyl (C=O) groups excluding carboxylic acids is 1. The molecule has 4 rings (SSSR count). The molecule has 0 amide bonds. The molecule has 0 aromatic rings. The highest BCUT2D eigenvalue weighted by Gasteiger charge is 2.74. The summed E-state index contributed by atoms with van der Waals surface area (Å²) in [5.74, 6) is -1.32. The highest BCUT2D eigenvalue weighted by molar-refractivity contribution is 5.92. The fourth-order valence-corrected chi connectivity index (χ4v) is 10.2. The van der Waals surface area contributed by atoms with E-state index in [1.54, 1.807) is 12.2 Å². The highest BCUT2D eigenvalue weighted by Crippen LogP contribution is 2.78. The van der Waals surface area contributed by atoms with E-state index in [1.807, 2.05) is 19.9 Å². The van der Waals surface area contributed by atoms with Gasteiger partial charge in [0.2, 0.25) is 0 Å². The van der Waals surface area contributed by atoms with Gasteiger partial charge in [-0.25, -0.2) is 4.79 Å². The van der Waals surface area contributed by atoms with E-state index < -0.39 is 41.1 Å². The summed E-state index contributed by atoms with van der Waals surface area (Å²) in [5.41, 5.74) is 6.29. The summed E-state index contributed by atoms with van der Waals surface area (Å²) in [6.45, 7) is 14.6. The monoisotopic (exact) mass is 543 g/mol. The van der Waals surface area contributed by atoms with Gasteiger partial charge in [-0.05, 0) is 98.6 Å². The maximum absolute atomic E-state index is 12.7. The van der Waals surface area contributed by atoms with Crippen molar-refractivity contribution in [1.82, 2.24) is 0 Å². The lowest BCUT2D eigenvalue weighted by molar-refractivity contribution is -0.251. The van der Waals surface area contributed by atoms with Crippen LogP contribution in [0.25, 0.3) is 0 Å². The van der Waals surface area contributed by atoms with E-state index in [-0.39, 0.29) is 34.2 Å². The van der Waals surface area contributed by atoms with Crippen molar-refractivity contribution >= 4 is 11.9 Å². The molecule has 4 aliphatic rings. The summed E-state index contributed by atoms with van der Waals surface area (Å²) in [6.07, 6.45) is 7.57. The lowest BCUT2D eigenvalue weighted by Crippen LogP contribution is -2.68. The minimum absolute atomic E-state index is 0.00766. The van der Waals surface area contributed by atoms with Crippen molar-refractivity contribution in [1.29, 1.82) is 0 Å². The van der Waals surface area contributed by atoms with Crippen LogP contribution in [0.3, 0.4) is 0 Å². The molecule has 4 aliphatic carbocycles. The first kappa shape index (κ1) is 30.0. The average molecular weight is 544 g/mol. The molecule has 0 heterocycles. The van der Waals surface area contributed by atoms with Crippen molar-refractivity contribution in [2.75, 3.05) is 6.54 Å². The Morgan fingerprint density at radius 1 is 1.03 bits per heavy atom. The minimum Gasteiger partial charge on any atom is -0.478 e. The molecule has 0 radical (unpaired) electrons. The Bertz CT molecular complexity index is 1110. The first-order chi connectivity index (χ1) is 18.1. The molecule has 0 bridgehead atoms. The molecule has 0 aromatic carbocycles. The predicted molar refractivity (Wildman–Crippen MR) is 150 cm³/mol. The Morgan fingerprint density at radius 2 is 1.69 bits per heavy atom. The normalized spacial score (nSPS) is 46.6. The molecule has 0 saturated heterocycles. The molecule has 39 heavy (non-hydrogen) atoms. The second kappa shape index (κ2) is 10.1. The number of rotatable bonds is 5. The number of aliphatic carboxylic acids is 1. The zero-order chi connectivity index (χ0) is 29.1. The topological polar surface area (TPSA) is 130 Å². The van der Waals surface area contributed by atoms with Crippen LogP contribution in [0.4, 0.5) is 0 Å². The van der Waals surface area contributed by atoms with E-state index in [1.165, 1.54) is 6.92 Å². The third kappa shape index (κ3) is 4.34. The third-order valence-electron chi connectivity index (χ3n) is 12.0. The van der Waals surface area contributed by atoms with Gasteiger partial charge in [0.05, 0.1) is 17.8 Å². The number of carboxylic acid groups (broad SMARTS) is 1. The largest absolute Gasteiger partial charge is 0.478 e.